The number of H-pyrrole nitrogens is 1. The van der Waals surface area contributed by atoms with Crippen molar-refractivity contribution >= 4 is 39.2 Å². The molecule has 4 rings (SSSR count). The minimum Gasteiger partial charge on any atom is -0.337 e. The van der Waals surface area contributed by atoms with Gasteiger partial charge in [0.25, 0.3) is 5.56 Å². The second-order valence-corrected chi connectivity index (χ2v) is 8.75. The summed E-state index contributed by atoms with van der Waals surface area (Å²) in [4.78, 5) is 36.4. The lowest BCUT2D eigenvalue weighted by atomic mass is 10.2. The Kier molecular flexibility index (Phi) is 4.84. The minimum atomic E-state index is -0.0259. The smallest absolute Gasteiger partial charge is 0.259 e. The maximum atomic E-state index is 12.4. The zero-order valence-electron chi connectivity index (χ0n) is 14.3. The lowest BCUT2D eigenvalue weighted by Crippen LogP contribution is -2.52. The van der Waals surface area contributed by atoms with E-state index >= 15 is 0 Å². The van der Waals surface area contributed by atoms with Crippen molar-refractivity contribution < 1.29 is 4.79 Å². The number of aryl methyl sites for hydroxylation is 2. The molecule has 1 aliphatic carbocycles. The normalized spacial score (nSPS) is 20.2. The van der Waals surface area contributed by atoms with Crippen molar-refractivity contribution in [3.05, 3.63) is 26.6 Å². The van der Waals surface area contributed by atoms with Gasteiger partial charge in [0.05, 0.1) is 16.9 Å². The molecule has 2 aromatic rings. The zero-order valence-corrected chi connectivity index (χ0v) is 15.9. The highest BCUT2D eigenvalue weighted by atomic mass is 32.2. The fraction of sp³-hybridized carbons (Fsp3) is 0.588. The molecule has 1 amide bonds. The molecule has 6 nitrogen and oxygen atoms in total. The first kappa shape index (κ1) is 17.1. The molecule has 0 unspecified atom stereocenters. The third-order valence-corrected chi connectivity index (χ3v) is 7.02. The summed E-state index contributed by atoms with van der Waals surface area (Å²) in [6, 6.07) is 0.240. The molecule has 134 valence electrons. The zero-order chi connectivity index (χ0) is 17.4. The van der Waals surface area contributed by atoms with Gasteiger partial charge >= 0.3 is 0 Å². The number of aromatic nitrogens is 2. The van der Waals surface area contributed by atoms with Gasteiger partial charge in [-0.05, 0) is 31.7 Å². The molecule has 0 spiro atoms. The monoisotopic (exact) mass is 378 g/mol. The first-order chi connectivity index (χ1) is 12.1. The number of nitrogens with one attached hydrogen (secondary N) is 2. The molecule has 0 saturated carbocycles. The van der Waals surface area contributed by atoms with Gasteiger partial charge in [-0.25, -0.2) is 4.98 Å². The van der Waals surface area contributed by atoms with Crippen LogP contribution in [0.15, 0.2) is 4.79 Å². The molecule has 3 heterocycles. The Morgan fingerprint density at radius 1 is 1.44 bits per heavy atom. The Labute approximate surface area is 154 Å². The van der Waals surface area contributed by atoms with E-state index in [9.17, 15) is 9.59 Å². The minimum absolute atomic E-state index is 0.0259. The average Bonchev–Trinajstić information content (AvgIpc) is 3.15. The molecule has 0 bridgehead atoms. The van der Waals surface area contributed by atoms with Crippen molar-refractivity contribution in [1.29, 1.82) is 0 Å². The fourth-order valence-electron chi connectivity index (χ4n) is 3.64. The number of carbonyl (C=O) groups is 1. The van der Waals surface area contributed by atoms with Gasteiger partial charge in [-0.1, -0.05) is 0 Å². The maximum Gasteiger partial charge on any atom is 0.259 e. The number of hydrogen-bond donors (Lipinski definition) is 2. The fourth-order valence-corrected chi connectivity index (χ4v) is 5.70. The third kappa shape index (κ3) is 3.35. The van der Waals surface area contributed by atoms with Crippen molar-refractivity contribution in [3.8, 4) is 0 Å². The summed E-state index contributed by atoms with van der Waals surface area (Å²) in [7, 11) is 0. The van der Waals surface area contributed by atoms with E-state index < -0.39 is 0 Å². The largest absolute Gasteiger partial charge is 0.337 e. The molecule has 1 aliphatic heterocycles. The number of carbonyl (C=O) groups excluding carboxylic acids is 1. The summed E-state index contributed by atoms with van der Waals surface area (Å²) in [5, 5.41) is 4.08. The van der Waals surface area contributed by atoms with Crippen molar-refractivity contribution in [2.75, 3.05) is 25.4 Å². The summed E-state index contributed by atoms with van der Waals surface area (Å²) in [5.41, 5.74) is 1.18. The van der Waals surface area contributed by atoms with Crippen molar-refractivity contribution in [2.24, 2.45) is 0 Å². The molecule has 2 aromatic heterocycles. The second-order valence-electron chi connectivity index (χ2n) is 6.68. The molecule has 2 aliphatic rings. The number of nitrogens with zero attached hydrogens (tertiary/aromatic N) is 2. The number of amides is 1. The predicted molar refractivity (Wildman–Crippen MR) is 102 cm³/mol. The molecule has 2 N–H and O–H groups in total. The van der Waals surface area contributed by atoms with Crippen LogP contribution in [0.4, 0.5) is 0 Å². The summed E-state index contributed by atoms with van der Waals surface area (Å²) < 4.78 is 0. The van der Waals surface area contributed by atoms with Gasteiger partial charge < -0.3 is 15.2 Å². The average molecular weight is 379 g/mol. The third-order valence-electron chi connectivity index (χ3n) is 4.91. The molecule has 0 aromatic carbocycles. The van der Waals surface area contributed by atoms with Crippen LogP contribution in [0.25, 0.3) is 10.2 Å². The predicted octanol–water partition coefficient (Wildman–Crippen LogP) is 1.53. The molecular formula is C17H22N4O2S2. The van der Waals surface area contributed by atoms with E-state index in [0.717, 1.165) is 49.1 Å². The maximum absolute atomic E-state index is 12.4. The first-order valence-electron chi connectivity index (χ1n) is 8.75. The Morgan fingerprint density at radius 2 is 2.32 bits per heavy atom. The summed E-state index contributed by atoms with van der Waals surface area (Å²) in [6.07, 6.45) is 3.20. The van der Waals surface area contributed by atoms with Crippen LogP contribution >= 0.6 is 23.1 Å². The van der Waals surface area contributed by atoms with E-state index in [1.165, 1.54) is 22.2 Å². The van der Waals surface area contributed by atoms with Crippen LogP contribution in [-0.2, 0) is 23.4 Å². The van der Waals surface area contributed by atoms with Crippen LogP contribution < -0.4 is 10.9 Å². The van der Waals surface area contributed by atoms with Crippen molar-refractivity contribution in [1.82, 2.24) is 20.2 Å². The molecule has 0 radical (unpaired) electrons. The lowest BCUT2D eigenvalue weighted by molar-refractivity contribution is -0.131. The van der Waals surface area contributed by atoms with E-state index in [4.69, 9.17) is 0 Å². The number of hydrogen-bond acceptors (Lipinski definition) is 6. The summed E-state index contributed by atoms with van der Waals surface area (Å²) >= 11 is 3.17. The van der Waals surface area contributed by atoms with Crippen LogP contribution in [0.2, 0.25) is 0 Å². The number of rotatable bonds is 4. The second kappa shape index (κ2) is 7.09. The van der Waals surface area contributed by atoms with Gasteiger partial charge in [0.2, 0.25) is 5.91 Å². The lowest BCUT2D eigenvalue weighted by Gasteiger charge is -2.33. The Balaban J connectivity index is 1.41. The van der Waals surface area contributed by atoms with E-state index in [1.807, 2.05) is 4.90 Å². The van der Waals surface area contributed by atoms with Gasteiger partial charge in [0.1, 0.15) is 10.7 Å². The molecule has 1 fully saturated rings. The highest BCUT2D eigenvalue weighted by Gasteiger charge is 2.23. The van der Waals surface area contributed by atoms with Crippen LogP contribution in [0.5, 0.6) is 0 Å². The Bertz CT molecular complexity index is 860. The van der Waals surface area contributed by atoms with Gasteiger partial charge in [-0.2, -0.15) is 0 Å². The Morgan fingerprint density at radius 3 is 3.16 bits per heavy atom. The van der Waals surface area contributed by atoms with Crippen molar-refractivity contribution in [3.63, 3.8) is 0 Å². The van der Waals surface area contributed by atoms with Crippen molar-refractivity contribution in [2.45, 2.75) is 38.0 Å². The highest BCUT2D eigenvalue weighted by Crippen LogP contribution is 2.34. The number of aromatic amines is 1. The number of thioether (sulfide) groups is 1. The molecule has 1 saturated heterocycles. The molecular weight excluding hydrogens is 356 g/mol. The van der Waals surface area contributed by atoms with E-state index in [2.05, 4.69) is 22.2 Å². The van der Waals surface area contributed by atoms with Gasteiger partial charge in [-0.3, -0.25) is 9.59 Å². The van der Waals surface area contributed by atoms with Crippen LogP contribution in [0.3, 0.4) is 0 Å². The highest BCUT2D eigenvalue weighted by molar-refractivity contribution is 7.99. The van der Waals surface area contributed by atoms with Crippen LogP contribution in [0, 0.1) is 0 Å². The molecule has 25 heavy (non-hydrogen) atoms. The van der Waals surface area contributed by atoms with Gasteiger partial charge in [-0.15, -0.1) is 23.1 Å². The number of fused-ring (bicyclic) bond motifs is 3. The quantitative estimate of drug-likeness (QED) is 0.844. The van der Waals surface area contributed by atoms with E-state index in [-0.39, 0.29) is 17.5 Å². The van der Waals surface area contributed by atoms with Crippen LogP contribution in [0.1, 0.15) is 29.6 Å². The first-order valence-corrected chi connectivity index (χ1v) is 10.7. The van der Waals surface area contributed by atoms with Gasteiger partial charge in [0.15, 0.2) is 0 Å². The van der Waals surface area contributed by atoms with E-state index in [1.54, 1.807) is 11.3 Å². The summed E-state index contributed by atoms with van der Waals surface area (Å²) in [6.45, 7) is 4.54. The summed E-state index contributed by atoms with van der Waals surface area (Å²) in [5.74, 6) is 1.81. The van der Waals surface area contributed by atoms with Crippen LogP contribution in [-0.4, -0.2) is 52.2 Å². The number of piperazine rings is 1. The molecule has 8 heteroatoms. The van der Waals surface area contributed by atoms with Gasteiger partial charge in [0, 0.05) is 30.6 Å². The SMILES string of the molecule is C[C@@H]1CNCCN1C(=O)CSCc1nc2sc3c(c2c(=O)[nH]1)CCC3. The Hall–Kier alpha value is -1.38. The standard InChI is InChI=1S/C17H22N4O2S2/c1-10-7-18-5-6-21(10)14(22)9-24-8-13-19-16(23)15-11-3-2-4-12(11)25-17(15)20-13/h10,18H,2-9H2,1H3,(H,19,20,23)/t10-/m1/s1. The van der Waals surface area contributed by atoms with E-state index in [0.29, 0.717) is 17.3 Å². The number of thiophene rings is 1. The topological polar surface area (TPSA) is 78.1 Å². The molecule has 1 atom stereocenters.